The van der Waals surface area contributed by atoms with E-state index in [4.69, 9.17) is 0 Å². The quantitative estimate of drug-likeness (QED) is 0.509. The molecule has 2 N–H and O–H groups in total. The highest BCUT2D eigenvalue weighted by Gasteiger charge is 2.20. The molecule has 2 aromatic heterocycles. The lowest BCUT2D eigenvalue weighted by Gasteiger charge is -2.16. The number of hydrogen-bond donors (Lipinski definition) is 2. The highest BCUT2D eigenvalue weighted by atomic mass is 16.3. The smallest absolute Gasteiger partial charge is 0.332 e. The zero-order valence-corrected chi connectivity index (χ0v) is 17.3. The molecule has 0 fully saturated rings. The maximum Gasteiger partial charge on any atom is 0.332 e. The first-order valence-corrected chi connectivity index (χ1v) is 9.92. The van der Waals surface area contributed by atoms with E-state index >= 15 is 0 Å². The molecule has 156 valence electrons. The van der Waals surface area contributed by atoms with Gasteiger partial charge in [0.05, 0.1) is 6.54 Å². The molecular formula is C22H25N5O3. The Hall–Kier alpha value is -3.39. The van der Waals surface area contributed by atoms with Crippen molar-refractivity contribution >= 4 is 27.9 Å². The van der Waals surface area contributed by atoms with Gasteiger partial charge in [0.25, 0.3) is 5.56 Å². The third-order valence-electron chi connectivity index (χ3n) is 5.49. The van der Waals surface area contributed by atoms with Crippen molar-refractivity contribution in [3.63, 3.8) is 0 Å². The molecule has 0 saturated carbocycles. The van der Waals surface area contributed by atoms with Gasteiger partial charge in [0.15, 0.2) is 11.2 Å². The lowest BCUT2D eigenvalue weighted by atomic mass is 10.0. The van der Waals surface area contributed by atoms with E-state index in [-0.39, 0.29) is 18.2 Å². The normalized spacial score (nSPS) is 12.5. The number of aliphatic hydroxyl groups excluding tert-OH is 1. The van der Waals surface area contributed by atoms with Crippen LogP contribution in [0.4, 0.5) is 5.95 Å². The Morgan fingerprint density at radius 1 is 1.07 bits per heavy atom. The van der Waals surface area contributed by atoms with Crippen molar-refractivity contribution in [2.45, 2.75) is 25.9 Å². The molecule has 1 atom stereocenters. The minimum Gasteiger partial charge on any atom is -0.396 e. The van der Waals surface area contributed by atoms with E-state index in [2.05, 4.69) is 28.5 Å². The summed E-state index contributed by atoms with van der Waals surface area (Å²) in [5, 5.41) is 14.8. The van der Waals surface area contributed by atoms with Crippen LogP contribution in [0.5, 0.6) is 0 Å². The minimum absolute atomic E-state index is 0.0397. The van der Waals surface area contributed by atoms with Crippen molar-refractivity contribution in [3.05, 3.63) is 68.9 Å². The third-order valence-corrected chi connectivity index (χ3v) is 5.49. The Bertz CT molecular complexity index is 1340. The lowest BCUT2D eigenvalue weighted by molar-refractivity contribution is 0.282. The number of aromatic nitrogens is 4. The van der Waals surface area contributed by atoms with Crippen molar-refractivity contribution in [2.24, 2.45) is 14.1 Å². The van der Waals surface area contributed by atoms with E-state index in [1.807, 2.05) is 35.8 Å². The summed E-state index contributed by atoms with van der Waals surface area (Å²) in [5.74, 6) is 0.497. The summed E-state index contributed by atoms with van der Waals surface area (Å²) in [6.45, 7) is 2.40. The van der Waals surface area contributed by atoms with Gasteiger partial charge in [0.1, 0.15) is 0 Å². The number of anilines is 1. The molecule has 2 heterocycles. The summed E-state index contributed by atoms with van der Waals surface area (Å²) in [6.07, 6.45) is 0.536. The van der Waals surface area contributed by atoms with Crippen molar-refractivity contribution in [1.82, 2.24) is 18.7 Å². The largest absolute Gasteiger partial charge is 0.396 e. The van der Waals surface area contributed by atoms with Crippen LogP contribution in [0.2, 0.25) is 0 Å². The average Bonchev–Trinajstić information content (AvgIpc) is 3.09. The first-order chi connectivity index (χ1) is 14.4. The highest BCUT2D eigenvalue weighted by molar-refractivity contribution is 5.86. The first-order valence-electron chi connectivity index (χ1n) is 9.92. The average molecular weight is 407 g/mol. The standard InChI is InChI=1S/C22H25N5O3/c1-14(11-12-28)23-21-24-19-18(20(29)26(3)22(30)25(19)2)27(21)13-16-9-6-8-15-7-4-5-10-17(15)16/h4-10,14,28H,11-13H2,1-3H3,(H,23,24). The summed E-state index contributed by atoms with van der Waals surface area (Å²) in [7, 11) is 3.08. The van der Waals surface area contributed by atoms with Gasteiger partial charge in [0, 0.05) is 26.7 Å². The number of aliphatic hydroxyl groups is 1. The van der Waals surface area contributed by atoms with Crippen LogP contribution < -0.4 is 16.6 Å². The fourth-order valence-electron chi connectivity index (χ4n) is 3.80. The number of nitrogens with zero attached hydrogens (tertiary/aromatic N) is 4. The number of aryl methyl sites for hydroxylation is 1. The Morgan fingerprint density at radius 3 is 2.57 bits per heavy atom. The van der Waals surface area contributed by atoms with Crippen molar-refractivity contribution in [2.75, 3.05) is 11.9 Å². The van der Waals surface area contributed by atoms with Gasteiger partial charge in [-0.15, -0.1) is 0 Å². The minimum atomic E-state index is -0.419. The molecule has 2 aromatic carbocycles. The molecular weight excluding hydrogens is 382 g/mol. The van der Waals surface area contributed by atoms with E-state index in [1.54, 1.807) is 7.05 Å². The van der Waals surface area contributed by atoms with Crippen molar-refractivity contribution in [1.29, 1.82) is 0 Å². The van der Waals surface area contributed by atoms with E-state index in [1.165, 1.54) is 11.6 Å². The second kappa shape index (κ2) is 7.79. The van der Waals surface area contributed by atoms with Crippen LogP contribution in [0.15, 0.2) is 52.1 Å². The molecule has 4 aromatic rings. The molecule has 0 aliphatic rings. The Kier molecular flexibility index (Phi) is 5.17. The van der Waals surface area contributed by atoms with Crippen LogP contribution in [0.3, 0.4) is 0 Å². The van der Waals surface area contributed by atoms with Gasteiger partial charge in [-0.2, -0.15) is 4.98 Å². The van der Waals surface area contributed by atoms with Gasteiger partial charge in [-0.3, -0.25) is 18.5 Å². The number of imidazole rings is 1. The predicted octanol–water partition coefficient (Wildman–Crippen LogP) is 1.82. The third kappa shape index (κ3) is 3.29. The highest BCUT2D eigenvalue weighted by Crippen LogP contribution is 2.23. The SMILES string of the molecule is CC(CCO)Nc1nc2c(c(=O)n(C)c(=O)n2C)n1Cc1cccc2ccccc12. The van der Waals surface area contributed by atoms with E-state index < -0.39 is 5.69 Å². The number of nitrogens with one attached hydrogen (secondary N) is 1. The zero-order chi connectivity index (χ0) is 21.4. The fraction of sp³-hybridized carbons (Fsp3) is 0.318. The molecule has 1 unspecified atom stereocenters. The summed E-state index contributed by atoms with van der Waals surface area (Å²) in [6, 6.07) is 14.1. The van der Waals surface area contributed by atoms with Gasteiger partial charge < -0.3 is 10.4 Å². The number of fused-ring (bicyclic) bond motifs is 2. The summed E-state index contributed by atoms with van der Waals surface area (Å²) in [4.78, 5) is 30.0. The second-order valence-corrected chi connectivity index (χ2v) is 7.60. The van der Waals surface area contributed by atoms with Crippen molar-refractivity contribution < 1.29 is 5.11 Å². The first kappa shape index (κ1) is 19.9. The maximum absolute atomic E-state index is 13.0. The van der Waals surface area contributed by atoms with Crippen LogP contribution in [-0.4, -0.2) is 36.4 Å². The molecule has 0 radical (unpaired) electrons. The van der Waals surface area contributed by atoms with E-state index in [0.717, 1.165) is 20.9 Å². The molecule has 30 heavy (non-hydrogen) atoms. The molecule has 0 spiro atoms. The van der Waals surface area contributed by atoms with Gasteiger partial charge in [0.2, 0.25) is 5.95 Å². The predicted molar refractivity (Wildman–Crippen MR) is 118 cm³/mol. The zero-order valence-electron chi connectivity index (χ0n) is 17.3. The molecule has 0 amide bonds. The number of rotatable bonds is 6. The lowest BCUT2D eigenvalue weighted by Crippen LogP contribution is -2.37. The second-order valence-electron chi connectivity index (χ2n) is 7.60. The maximum atomic E-state index is 13.0. The van der Waals surface area contributed by atoms with Crippen molar-refractivity contribution in [3.8, 4) is 0 Å². The van der Waals surface area contributed by atoms with Crippen LogP contribution in [0, 0.1) is 0 Å². The van der Waals surface area contributed by atoms with Crippen LogP contribution in [0.1, 0.15) is 18.9 Å². The van der Waals surface area contributed by atoms with Crippen LogP contribution >= 0.6 is 0 Å². The fourth-order valence-corrected chi connectivity index (χ4v) is 3.80. The molecule has 4 rings (SSSR count). The van der Waals surface area contributed by atoms with Crippen LogP contribution in [-0.2, 0) is 20.6 Å². The molecule has 8 nitrogen and oxygen atoms in total. The molecule has 8 heteroatoms. The molecule has 0 aliphatic carbocycles. The molecule has 0 saturated heterocycles. The topological polar surface area (TPSA) is 94.1 Å². The summed E-state index contributed by atoms with van der Waals surface area (Å²) >= 11 is 0. The van der Waals surface area contributed by atoms with E-state index in [9.17, 15) is 14.7 Å². The Morgan fingerprint density at radius 2 is 1.80 bits per heavy atom. The summed E-state index contributed by atoms with van der Waals surface area (Å²) < 4.78 is 4.32. The van der Waals surface area contributed by atoms with Gasteiger partial charge in [-0.1, -0.05) is 42.5 Å². The van der Waals surface area contributed by atoms with Gasteiger partial charge >= 0.3 is 5.69 Å². The monoisotopic (exact) mass is 407 g/mol. The van der Waals surface area contributed by atoms with E-state index in [0.29, 0.717) is 30.1 Å². The van der Waals surface area contributed by atoms with Gasteiger partial charge in [-0.25, -0.2) is 4.79 Å². The number of benzene rings is 2. The van der Waals surface area contributed by atoms with Crippen LogP contribution in [0.25, 0.3) is 21.9 Å². The molecule has 0 aliphatic heterocycles. The number of hydrogen-bond acceptors (Lipinski definition) is 5. The molecule has 0 bridgehead atoms. The summed E-state index contributed by atoms with van der Waals surface area (Å²) in [5.41, 5.74) is 0.940. The Balaban J connectivity index is 1.96. The van der Waals surface area contributed by atoms with Gasteiger partial charge in [-0.05, 0) is 29.7 Å². The Labute approximate surface area is 173 Å².